The van der Waals surface area contributed by atoms with E-state index in [0.717, 1.165) is 5.69 Å². The Morgan fingerprint density at radius 1 is 1.25 bits per heavy atom. The van der Waals surface area contributed by atoms with E-state index in [2.05, 4.69) is 5.32 Å². The van der Waals surface area contributed by atoms with Crippen LogP contribution in [0.4, 0.5) is 17.1 Å². The number of nitro groups is 1. The zero-order valence-electron chi connectivity index (χ0n) is 13.2. The predicted molar refractivity (Wildman–Crippen MR) is 96.5 cm³/mol. The van der Waals surface area contributed by atoms with E-state index in [4.69, 9.17) is 11.6 Å². The highest BCUT2D eigenvalue weighted by Gasteiger charge is 2.08. The molecule has 1 N–H and O–H groups in total. The molecular weight excluding hydrogens is 330 g/mol. The molecule has 1 amide bonds. The van der Waals surface area contributed by atoms with Crippen molar-refractivity contribution in [3.63, 3.8) is 0 Å². The molecule has 0 radical (unpaired) electrons. The van der Waals surface area contributed by atoms with Crippen LogP contribution in [0.3, 0.4) is 0 Å². The summed E-state index contributed by atoms with van der Waals surface area (Å²) in [6.45, 7) is 0. The van der Waals surface area contributed by atoms with Crippen LogP contribution in [-0.4, -0.2) is 24.9 Å². The first-order chi connectivity index (χ1) is 11.4. The molecule has 0 fully saturated rings. The lowest BCUT2D eigenvalue weighted by Gasteiger charge is -2.17. The van der Waals surface area contributed by atoms with Gasteiger partial charge in [-0.3, -0.25) is 14.9 Å². The number of carbonyl (C=O) groups is 1. The number of nitro benzene ring substituents is 1. The summed E-state index contributed by atoms with van der Waals surface area (Å²) < 4.78 is 0. The lowest BCUT2D eigenvalue weighted by molar-refractivity contribution is -0.384. The second-order valence-corrected chi connectivity index (χ2v) is 5.67. The maximum Gasteiger partial charge on any atom is 0.270 e. The lowest BCUT2D eigenvalue weighted by atomic mass is 10.2. The molecule has 0 unspecified atom stereocenters. The van der Waals surface area contributed by atoms with Gasteiger partial charge >= 0.3 is 0 Å². The SMILES string of the molecule is CN(C)c1ccc(Cl)cc1NC(=O)/C=C/c1cccc([N+](=O)[O-])c1. The largest absolute Gasteiger partial charge is 0.376 e. The van der Waals surface area contributed by atoms with Gasteiger partial charge in [0.25, 0.3) is 5.69 Å². The number of rotatable bonds is 5. The fourth-order valence-corrected chi connectivity index (χ4v) is 2.26. The first kappa shape index (κ1) is 17.5. The molecule has 0 saturated heterocycles. The molecule has 0 aliphatic heterocycles. The van der Waals surface area contributed by atoms with Gasteiger partial charge in [-0.2, -0.15) is 0 Å². The second kappa shape index (κ2) is 7.61. The standard InChI is InChI=1S/C17H16ClN3O3/c1-20(2)16-8-7-13(18)11-15(16)19-17(22)9-6-12-4-3-5-14(10-12)21(23)24/h3-11H,1-2H3,(H,19,22)/b9-6+. The number of nitrogens with one attached hydrogen (secondary N) is 1. The van der Waals surface area contributed by atoms with Crippen molar-refractivity contribution in [3.05, 3.63) is 69.2 Å². The first-order valence-corrected chi connectivity index (χ1v) is 7.45. The van der Waals surface area contributed by atoms with Crippen molar-refractivity contribution in [2.24, 2.45) is 0 Å². The molecule has 0 heterocycles. The van der Waals surface area contributed by atoms with Crippen molar-refractivity contribution in [1.29, 1.82) is 0 Å². The summed E-state index contributed by atoms with van der Waals surface area (Å²) in [6, 6.07) is 11.3. The molecular formula is C17H16ClN3O3. The topological polar surface area (TPSA) is 75.5 Å². The van der Waals surface area contributed by atoms with Crippen molar-refractivity contribution in [2.45, 2.75) is 0 Å². The third-order valence-electron chi connectivity index (χ3n) is 3.21. The van der Waals surface area contributed by atoms with E-state index in [0.29, 0.717) is 16.3 Å². The minimum absolute atomic E-state index is 0.0257. The van der Waals surface area contributed by atoms with Gasteiger partial charge in [0.2, 0.25) is 5.91 Å². The molecule has 24 heavy (non-hydrogen) atoms. The van der Waals surface area contributed by atoms with Crippen LogP contribution in [0.5, 0.6) is 0 Å². The Hall–Kier alpha value is -2.86. The lowest BCUT2D eigenvalue weighted by Crippen LogP contribution is -2.15. The Bertz CT molecular complexity index is 803. The molecule has 2 aromatic rings. The summed E-state index contributed by atoms with van der Waals surface area (Å²) in [5.41, 5.74) is 1.94. The van der Waals surface area contributed by atoms with Crippen LogP contribution in [0.1, 0.15) is 5.56 Å². The molecule has 7 heteroatoms. The molecule has 0 bridgehead atoms. The van der Waals surface area contributed by atoms with Crippen LogP contribution in [0, 0.1) is 10.1 Å². The molecule has 2 rings (SSSR count). The van der Waals surface area contributed by atoms with E-state index in [1.807, 2.05) is 25.1 Å². The highest BCUT2D eigenvalue weighted by molar-refractivity contribution is 6.31. The number of hydrogen-bond acceptors (Lipinski definition) is 4. The average molecular weight is 346 g/mol. The zero-order valence-corrected chi connectivity index (χ0v) is 13.9. The maximum atomic E-state index is 12.1. The summed E-state index contributed by atoms with van der Waals surface area (Å²) in [6.07, 6.45) is 2.83. The first-order valence-electron chi connectivity index (χ1n) is 7.07. The monoisotopic (exact) mass is 345 g/mol. The quantitative estimate of drug-likeness (QED) is 0.505. The molecule has 6 nitrogen and oxygen atoms in total. The van der Waals surface area contributed by atoms with Crippen LogP contribution in [-0.2, 0) is 4.79 Å². The molecule has 0 aliphatic rings. The highest BCUT2D eigenvalue weighted by atomic mass is 35.5. The highest BCUT2D eigenvalue weighted by Crippen LogP contribution is 2.27. The zero-order chi connectivity index (χ0) is 17.7. The van der Waals surface area contributed by atoms with Crippen LogP contribution in [0.25, 0.3) is 6.08 Å². The van der Waals surface area contributed by atoms with Crippen molar-refractivity contribution in [1.82, 2.24) is 0 Å². The molecule has 124 valence electrons. The maximum absolute atomic E-state index is 12.1. The number of hydrogen-bond donors (Lipinski definition) is 1. The van der Waals surface area contributed by atoms with Crippen molar-refractivity contribution in [2.75, 3.05) is 24.3 Å². The van der Waals surface area contributed by atoms with E-state index in [1.54, 1.807) is 24.3 Å². The Kier molecular flexibility index (Phi) is 5.55. The number of benzene rings is 2. The third-order valence-corrected chi connectivity index (χ3v) is 3.44. The number of amides is 1. The van der Waals surface area contributed by atoms with Crippen LogP contribution < -0.4 is 10.2 Å². The molecule has 0 saturated carbocycles. The van der Waals surface area contributed by atoms with E-state index in [1.165, 1.54) is 24.3 Å². The Labute approximate surface area is 144 Å². The minimum Gasteiger partial charge on any atom is -0.376 e. The summed E-state index contributed by atoms with van der Waals surface area (Å²) in [4.78, 5) is 24.2. The fraction of sp³-hybridized carbons (Fsp3) is 0.118. The van der Waals surface area contributed by atoms with E-state index >= 15 is 0 Å². The van der Waals surface area contributed by atoms with Crippen molar-refractivity contribution in [3.8, 4) is 0 Å². The molecule has 0 aromatic heterocycles. The molecule has 0 spiro atoms. The average Bonchev–Trinajstić information content (AvgIpc) is 2.53. The van der Waals surface area contributed by atoms with Crippen molar-refractivity contribution < 1.29 is 9.72 Å². The number of non-ortho nitro benzene ring substituents is 1. The van der Waals surface area contributed by atoms with Gasteiger partial charge in [0.1, 0.15) is 0 Å². The van der Waals surface area contributed by atoms with Crippen LogP contribution in [0.2, 0.25) is 5.02 Å². The normalized spacial score (nSPS) is 10.6. The summed E-state index contributed by atoms with van der Waals surface area (Å²) in [7, 11) is 3.72. The number of nitrogens with zero attached hydrogens (tertiary/aromatic N) is 2. The van der Waals surface area contributed by atoms with E-state index < -0.39 is 4.92 Å². The smallest absolute Gasteiger partial charge is 0.270 e. The third kappa shape index (κ3) is 4.57. The van der Waals surface area contributed by atoms with Gasteiger partial charge in [-0.15, -0.1) is 0 Å². The van der Waals surface area contributed by atoms with Gasteiger partial charge < -0.3 is 10.2 Å². The summed E-state index contributed by atoms with van der Waals surface area (Å²) >= 11 is 5.97. The Balaban J connectivity index is 2.15. The Morgan fingerprint density at radius 2 is 2.00 bits per heavy atom. The second-order valence-electron chi connectivity index (χ2n) is 5.23. The van der Waals surface area contributed by atoms with Crippen LogP contribution >= 0.6 is 11.6 Å². The van der Waals surface area contributed by atoms with Crippen molar-refractivity contribution >= 4 is 40.6 Å². The van der Waals surface area contributed by atoms with Gasteiger partial charge in [-0.25, -0.2) is 0 Å². The van der Waals surface area contributed by atoms with Gasteiger partial charge in [-0.05, 0) is 29.8 Å². The number of anilines is 2. The van der Waals surface area contributed by atoms with E-state index in [-0.39, 0.29) is 11.6 Å². The van der Waals surface area contributed by atoms with Gasteiger partial charge in [0.15, 0.2) is 0 Å². The molecule has 0 aliphatic carbocycles. The van der Waals surface area contributed by atoms with Gasteiger partial charge in [-0.1, -0.05) is 23.7 Å². The van der Waals surface area contributed by atoms with Crippen LogP contribution in [0.15, 0.2) is 48.5 Å². The van der Waals surface area contributed by atoms with Gasteiger partial charge in [0, 0.05) is 37.3 Å². The number of halogens is 1. The number of carbonyl (C=O) groups excluding carboxylic acids is 1. The molecule has 2 aromatic carbocycles. The minimum atomic E-state index is -0.479. The van der Waals surface area contributed by atoms with E-state index in [9.17, 15) is 14.9 Å². The fourth-order valence-electron chi connectivity index (χ4n) is 2.09. The summed E-state index contributed by atoms with van der Waals surface area (Å²) in [5.74, 6) is -0.355. The molecule has 0 atom stereocenters. The van der Waals surface area contributed by atoms with Gasteiger partial charge in [0.05, 0.1) is 16.3 Å². The Morgan fingerprint density at radius 3 is 2.67 bits per heavy atom. The summed E-state index contributed by atoms with van der Waals surface area (Å²) in [5, 5.41) is 14.0. The predicted octanol–water partition coefficient (Wildman–Crippen LogP) is 3.97.